The van der Waals surface area contributed by atoms with Crippen molar-refractivity contribution in [1.82, 2.24) is 15.1 Å². The standard InChI is InChI=1S/C20H25N3OS/c1-16(2)24-12-7-11-21-14-17-15-23(18-8-4-3-5-9-18)22-20(17)19-10-6-13-25-19/h3-6,8-10,13,15-16,21H,7,11-12,14H2,1-2H3. The summed E-state index contributed by atoms with van der Waals surface area (Å²) in [5, 5.41) is 10.4. The largest absolute Gasteiger partial charge is 0.379 e. The first-order chi connectivity index (χ1) is 12.2. The first-order valence-electron chi connectivity index (χ1n) is 8.74. The van der Waals surface area contributed by atoms with E-state index in [2.05, 4.69) is 55.0 Å². The van der Waals surface area contributed by atoms with Crippen molar-refractivity contribution in [2.24, 2.45) is 0 Å². The molecular weight excluding hydrogens is 330 g/mol. The lowest BCUT2D eigenvalue weighted by molar-refractivity contribution is 0.0770. The van der Waals surface area contributed by atoms with Gasteiger partial charge in [0.25, 0.3) is 0 Å². The normalized spacial score (nSPS) is 11.3. The molecule has 0 amide bonds. The van der Waals surface area contributed by atoms with Crippen molar-refractivity contribution in [3.63, 3.8) is 0 Å². The Morgan fingerprint density at radius 3 is 2.72 bits per heavy atom. The molecule has 0 spiro atoms. The lowest BCUT2D eigenvalue weighted by Crippen LogP contribution is -2.17. The molecule has 1 aromatic carbocycles. The van der Waals surface area contributed by atoms with E-state index in [1.54, 1.807) is 11.3 Å². The summed E-state index contributed by atoms with van der Waals surface area (Å²) in [4.78, 5) is 1.20. The second-order valence-electron chi connectivity index (χ2n) is 6.21. The van der Waals surface area contributed by atoms with Crippen LogP contribution in [0.1, 0.15) is 25.8 Å². The maximum Gasteiger partial charge on any atom is 0.107 e. The van der Waals surface area contributed by atoms with Gasteiger partial charge in [0.2, 0.25) is 0 Å². The van der Waals surface area contributed by atoms with Crippen LogP contribution in [0.3, 0.4) is 0 Å². The van der Waals surface area contributed by atoms with E-state index >= 15 is 0 Å². The SMILES string of the molecule is CC(C)OCCCNCc1cn(-c2ccccc2)nc1-c1cccs1. The average molecular weight is 356 g/mol. The number of para-hydroxylation sites is 1. The Morgan fingerprint density at radius 1 is 1.16 bits per heavy atom. The quantitative estimate of drug-likeness (QED) is 0.574. The molecule has 0 saturated carbocycles. The summed E-state index contributed by atoms with van der Waals surface area (Å²) in [5.74, 6) is 0. The van der Waals surface area contributed by atoms with Gasteiger partial charge in [0, 0.05) is 24.9 Å². The average Bonchev–Trinajstić information content (AvgIpc) is 3.28. The minimum atomic E-state index is 0.300. The van der Waals surface area contributed by atoms with Crippen LogP contribution in [-0.2, 0) is 11.3 Å². The van der Waals surface area contributed by atoms with Crippen LogP contribution >= 0.6 is 11.3 Å². The van der Waals surface area contributed by atoms with Crippen molar-refractivity contribution >= 4 is 11.3 Å². The molecule has 1 N–H and O–H groups in total. The molecule has 0 bridgehead atoms. The number of aromatic nitrogens is 2. The second-order valence-corrected chi connectivity index (χ2v) is 7.16. The van der Waals surface area contributed by atoms with Crippen LogP contribution in [0, 0.1) is 0 Å². The zero-order valence-corrected chi connectivity index (χ0v) is 15.6. The van der Waals surface area contributed by atoms with E-state index in [9.17, 15) is 0 Å². The summed E-state index contributed by atoms with van der Waals surface area (Å²) in [7, 11) is 0. The topological polar surface area (TPSA) is 39.1 Å². The summed E-state index contributed by atoms with van der Waals surface area (Å²) < 4.78 is 7.55. The van der Waals surface area contributed by atoms with E-state index in [-0.39, 0.29) is 0 Å². The third kappa shape index (κ3) is 5.01. The van der Waals surface area contributed by atoms with Crippen LogP contribution in [0.15, 0.2) is 54.0 Å². The van der Waals surface area contributed by atoms with Gasteiger partial charge in [-0.05, 0) is 50.4 Å². The fraction of sp³-hybridized carbons (Fsp3) is 0.350. The smallest absolute Gasteiger partial charge is 0.107 e. The van der Waals surface area contributed by atoms with E-state index in [0.717, 1.165) is 37.5 Å². The molecule has 0 aliphatic rings. The predicted molar refractivity (Wildman–Crippen MR) is 104 cm³/mol. The van der Waals surface area contributed by atoms with Gasteiger partial charge in [0.15, 0.2) is 0 Å². The fourth-order valence-electron chi connectivity index (χ4n) is 2.61. The van der Waals surface area contributed by atoms with E-state index in [1.165, 1.54) is 10.4 Å². The van der Waals surface area contributed by atoms with Crippen molar-refractivity contribution in [3.05, 3.63) is 59.6 Å². The highest BCUT2D eigenvalue weighted by Gasteiger charge is 2.12. The van der Waals surface area contributed by atoms with Gasteiger partial charge in [-0.25, -0.2) is 4.68 Å². The Morgan fingerprint density at radius 2 is 2.00 bits per heavy atom. The highest BCUT2D eigenvalue weighted by Crippen LogP contribution is 2.27. The molecular formula is C20H25N3OS. The molecule has 3 rings (SSSR count). The van der Waals surface area contributed by atoms with Crippen LogP contribution < -0.4 is 5.32 Å². The molecule has 0 aliphatic carbocycles. The Kier molecular flexibility index (Phi) is 6.39. The van der Waals surface area contributed by atoms with Crippen molar-refractivity contribution in [1.29, 1.82) is 0 Å². The van der Waals surface area contributed by atoms with Crippen LogP contribution in [0.2, 0.25) is 0 Å². The van der Waals surface area contributed by atoms with Crippen LogP contribution in [0.5, 0.6) is 0 Å². The van der Waals surface area contributed by atoms with Crippen molar-refractivity contribution in [3.8, 4) is 16.3 Å². The summed E-state index contributed by atoms with van der Waals surface area (Å²) in [5.41, 5.74) is 3.36. The number of nitrogens with zero attached hydrogens (tertiary/aromatic N) is 2. The van der Waals surface area contributed by atoms with Crippen molar-refractivity contribution in [2.45, 2.75) is 32.9 Å². The molecule has 3 aromatic rings. The third-order valence-corrected chi connectivity index (χ3v) is 4.71. The Bertz CT molecular complexity index is 751. The second kappa shape index (κ2) is 8.94. The van der Waals surface area contributed by atoms with Gasteiger partial charge in [-0.1, -0.05) is 24.3 Å². The molecule has 2 heterocycles. The van der Waals surface area contributed by atoms with Gasteiger partial charge < -0.3 is 10.1 Å². The van der Waals surface area contributed by atoms with E-state index in [4.69, 9.17) is 9.84 Å². The lowest BCUT2D eigenvalue weighted by Gasteiger charge is -2.08. The third-order valence-electron chi connectivity index (χ3n) is 3.83. The first kappa shape index (κ1) is 17.9. The molecule has 0 fully saturated rings. The van der Waals surface area contributed by atoms with Crippen LogP contribution in [-0.4, -0.2) is 29.0 Å². The van der Waals surface area contributed by atoms with Crippen molar-refractivity contribution in [2.75, 3.05) is 13.2 Å². The highest BCUT2D eigenvalue weighted by atomic mass is 32.1. The summed E-state index contributed by atoms with van der Waals surface area (Å²) in [6, 6.07) is 14.4. The van der Waals surface area contributed by atoms with Gasteiger partial charge in [-0.15, -0.1) is 11.3 Å². The Labute approximate surface area is 153 Å². The highest BCUT2D eigenvalue weighted by molar-refractivity contribution is 7.13. The van der Waals surface area contributed by atoms with Gasteiger partial charge in [0.05, 0.1) is 16.7 Å². The number of nitrogens with one attached hydrogen (secondary N) is 1. The van der Waals surface area contributed by atoms with Gasteiger partial charge in [0.1, 0.15) is 5.69 Å². The van der Waals surface area contributed by atoms with Crippen LogP contribution in [0.25, 0.3) is 16.3 Å². The Balaban J connectivity index is 1.68. The number of benzene rings is 1. The number of ether oxygens (including phenoxy) is 1. The van der Waals surface area contributed by atoms with Gasteiger partial charge in [-0.3, -0.25) is 0 Å². The molecule has 25 heavy (non-hydrogen) atoms. The number of rotatable bonds is 9. The molecule has 132 valence electrons. The maximum absolute atomic E-state index is 5.58. The summed E-state index contributed by atoms with van der Waals surface area (Å²) in [6.45, 7) is 6.68. The number of thiophene rings is 1. The zero-order chi connectivity index (χ0) is 17.5. The molecule has 4 nitrogen and oxygen atoms in total. The molecule has 2 aromatic heterocycles. The first-order valence-corrected chi connectivity index (χ1v) is 9.62. The summed E-state index contributed by atoms with van der Waals surface area (Å²) in [6.07, 6.45) is 3.44. The van der Waals surface area contributed by atoms with Gasteiger partial charge >= 0.3 is 0 Å². The minimum absolute atomic E-state index is 0.300. The van der Waals surface area contributed by atoms with E-state index < -0.39 is 0 Å². The molecule has 0 atom stereocenters. The number of hydrogen-bond acceptors (Lipinski definition) is 4. The fourth-order valence-corrected chi connectivity index (χ4v) is 3.36. The zero-order valence-electron chi connectivity index (χ0n) is 14.8. The van der Waals surface area contributed by atoms with E-state index in [0.29, 0.717) is 6.10 Å². The monoisotopic (exact) mass is 355 g/mol. The minimum Gasteiger partial charge on any atom is -0.379 e. The van der Waals surface area contributed by atoms with Crippen LogP contribution in [0.4, 0.5) is 0 Å². The molecule has 0 unspecified atom stereocenters. The molecule has 0 radical (unpaired) electrons. The van der Waals surface area contributed by atoms with E-state index in [1.807, 2.05) is 22.9 Å². The van der Waals surface area contributed by atoms with Gasteiger partial charge in [-0.2, -0.15) is 5.10 Å². The molecule has 0 aliphatic heterocycles. The number of hydrogen-bond donors (Lipinski definition) is 1. The lowest BCUT2D eigenvalue weighted by atomic mass is 10.2. The Hall–Kier alpha value is -1.95. The maximum atomic E-state index is 5.58. The summed E-state index contributed by atoms with van der Waals surface area (Å²) >= 11 is 1.73. The molecule has 0 saturated heterocycles. The molecule has 5 heteroatoms. The van der Waals surface area contributed by atoms with Crippen molar-refractivity contribution < 1.29 is 4.74 Å². The predicted octanol–water partition coefficient (Wildman–Crippen LogP) is 4.51.